The fourth-order valence-corrected chi connectivity index (χ4v) is 2.23. The highest BCUT2D eigenvalue weighted by Gasteiger charge is 2.34. The summed E-state index contributed by atoms with van der Waals surface area (Å²) in [6.07, 6.45) is -2.12. The molecule has 0 radical (unpaired) electrons. The van der Waals surface area contributed by atoms with Gasteiger partial charge < -0.3 is 11.1 Å². The van der Waals surface area contributed by atoms with Crippen LogP contribution in [-0.4, -0.2) is 11.0 Å². The first kappa shape index (κ1) is 14.1. The molecule has 0 aromatic heterocycles. The van der Waals surface area contributed by atoms with Crippen molar-refractivity contribution in [2.45, 2.75) is 32.0 Å². The van der Waals surface area contributed by atoms with Gasteiger partial charge in [-0.1, -0.05) is 12.2 Å². The van der Waals surface area contributed by atoms with Gasteiger partial charge in [0.05, 0.1) is 5.56 Å². The zero-order valence-corrected chi connectivity index (χ0v) is 11.2. The lowest BCUT2D eigenvalue weighted by atomic mass is 10.1. The second kappa shape index (κ2) is 5.00. The minimum Gasteiger partial charge on any atom is -0.389 e. The molecule has 1 fully saturated rings. The zero-order valence-electron chi connectivity index (χ0n) is 10.4. The molecule has 1 unspecified atom stereocenters. The molecule has 1 aromatic rings. The molecule has 0 heterocycles. The fourth-order valence-electron chi connectivity index (χ4n) is 2.06. The first-order valence-electron chi connectivity index (χ1n) is 6.06. The van der Waals surface area contributed by atoms with Gasteiger partial charge in [0.25, 0.3) is 0 Å². The predicted octanol–water partition coefficient (Wildman–Crippen LogP) is 3.55. The monoisotopic (exact) mass is 288 g/mol. The Kier molecular flexibility index (Phi) is 3.71. The maximum Gasteiger partial charge on any atom is 0.417 e. The topological polar surface area (TPSA) is 38.0 Å². The third-order valence-corrected chi connectivity index (χ3v) is 3.53. The molecule has 3 N–H and O–H groups in total. The van der Waals surface area contributed by atoms with E-state index >= 15 is 0 Å². The molecule has 0 aliphatic heterocycles. The van der Waals surface area contributed by atoms with Crippen LogP contribution in [0.15, 0.2) is 18.2 Å². The number of thiocarbonyl (C=S) groups is 1. The van der Waals surface area contributed by atoms with Crippen LogP contribution >= 0.6 is 12.2 Å². The Morgan fingerprint density at radius 2 is 2.05 bits per heavy atom. The van der Waals surface area contributed by atoms with Crippen molar-refractivity contribution in [3.8, 4) is 0 Å². The summed E-state index contributed by atoms with van der Waals surface area (Å²) in [4.78, 5) is -0.241. The van der Waals surface area contributed by atoms with Gasteiger partial charge in [-0.05, 0) is 43.9 Å². The van der Waals surface area contributed by atoms with Crippen LogP contribution < -0.4 is 11.1 Å². The summed E-state index contributed by atoms with van der Waals surface area (Å²) in [6.45, 7) is 2.02. The molecule has 0 bridgehead atoms. The smallest absolute Gasteiger partial charge is 0.389 e. The van der Waals surface area contributed by atoms with Crippen LogP contribution in [0.3, 0.4) is 0 Å². The van der Waals surface area contributed by atoms with E-state index in [9.17, 15) is 13.2 Å². The van der Waals surface area contributed by atoms with Gasteiger partial charge in [-0.25, -0.2) is 0 Å². The van der Waals surface area contributed by atoms with Crippen molar-refractivity contribution in [2.24, 2.45) is 11.7 Å². The fraction of sp³-hybridized carbons (Fsp3) is 0.462. The van der Waals surface area contributed by atoms with Gasteiger partial charge in [-0.3, -0.25) is 0 Å². The summed E-state index contributed by atoms with van der Waals surface area (Å²) < 4.78 is 38.4. The first-order valence-corrected chi connectivity index (χ1v) is 6.47. The number of hydrogen-bond donors (Lipinski definition) is 2. The lowest BCUT2D eigenvalue weighted by Gasteiger charge is -2.17. The number of nitrogens with two attached hydrogens (primary N) is 1. The largest absolute Gasteiger partial charge is 0.417 e. The zero-order chi connectivity index (χ0) is 14.2. The van der Waals surface area contributed by atoms with Crippen LogP contribution in [0.2, 0.25) is 0 Å². The third kappa shape index (κ3) is 3.37. The number of hydrogen-bond acceptors (Lipinski definition) is 2. The molecule has 104 valence electrons. The summed E-state index contributed by atoms with van der Waals surface area (Å²) in [7, 11) is 0. The highest BCUT2D eigenvalue weighted by atomic mass is 32.1. The Labute approximate surface area is 115 Å². The minimum absolute atomic E-state index is 0.129. The number of nitrogens with one attached hydrogen (secondary N) is 1. The molecule has 1 saturated carbocycles. The Balaban J connectivity index is 2.28. The van der Waals surface area contributed by atoms with Crippen molar-refractivity contribution >= 4 is 22.9 Å². The molecule has 0 amide bonds. The number of halogens is 3. The van der Waals surface area contributed by atoms with Gasteiger partial charge in [-0.2, -0.15) is 13.2 Å². The maximum atomic E-state index is 12.8. The van der Waals surface area contributed by atoms with E-state index in [0.717, 1.165) is 18.9 Å². The molecule has 0 spiro atoms. The van der Waals surface area contributed by atoms with E-state index in [4.69, 9.17) is 18.0 Å². The minimum atomic E-state index is -4.45. The van der Waals surface area contributed by atoms with E-state index < -0.39 is 11.7 Å². The molecular formula is C13H15F3N2S. The van der Waals surface area contributed by atoms with Crippen LogP contribution in [-0.2, 0) is 6.18 Å². The second-order valence-electron chi connectivity index (χ2n) is 4.89. The Hall–Kier alpha value is -1.30. The van der Waals surface area contributed by atoms with Crippen molar-refractivity contribution in [1.29, 1.82) is 0 Å². The molecule has 1 aromatic carbocycles. The molecule has 1 aliphatic rings. The van der Waals surface area contributed by atoms with Crippen molar-refractivity contribution in [3.05, 3.63) is 29.3 Å². The SMILES string of the molecule is CC(Nc1ccc(C(F)(F)F)c(C(N)=S)c1)C1CC1. The van der Waals surface area contributed by atoms with E-state index in [1.165, 1.54) is 12.1 Å². The lowest BCUT2D eigenvalue weighted by molar-refractivity contribution is -0.137. The Bertz CT molecular complexity index is 495. The van der Waals surface area contributed by atoms with Gasteiger partial charge >= 0.3 is 6.18 Å². The quantitative estimate of drug-likeness (QED) is 0.832. The van der Waals surface area contributed by atoms with Crippen molar-refractivity contribution in [3.63, 3.8) is 0 Å². The van der Waals surface area contributed by atoms with Crippen LogP contribution in [0.25, 0.3) is 0 Å². The van der Waals surface area contributed by atoms with Crippen LogP contribution in [0.4, 0.5) is 18.9 Å². The number of alkyl halides is 3. The number of anilines is 1. The lowest BCUT2D eigenvalue weighted by Crippen LogP contribution is -2.20. The molecule has 2 nitrogen and oxygen atoms in total. The maximum absolute atomic E-state index is 12.8. The third-order valence-electron chi connectivity index (χ3n) is 3.31. The van der Waals surface area contributed by atoms with Crippen molar-refractivity contribution in [2.75, 3.05) is 5.32 Å². The summed E-state index contributed by atoms with van der Waals surface area (Å²) in [5.74, 6) is 0.607. The second-order valence-corrected chi connectivity index (χ2v) is 5.33. The van der Waals surface area contributed by atoms with Gasteiger partial charge in [-0.15, -0.1) is 0 Å². The predicted molar refractivity (Wildman–Crippen MR) is 73.1 cm³/mol. The summed E-state index contributed by atoms with van der Waals surface area (Å²) in [6, 6.07) is 4.07. The van der Waals surface area contributed by atoms with Crippen molar-refractivity contribution in [1.82, 2.24) is 0 Å². The van der Waals surface area contributed by atoms with Crippen LogP contribution in [0.1, 0.15) is 30.9 Å². The highest BCUT2D eigenvalue weighted by molar-refractivity contribution is 7.80. The van der Waals surface area contributed by atoms with E-state index in [2.05, 4.69) is 5.32 Å². The van der Waals surface area contributed by atoms with E-state index in [-0.39, 0.29) is 16.6 Å². The van der Waals surface area contributed by atoms with Crippen LogP contribution in [0.5, 0.6) is 0 Å². The van der Waals surface area contributed by atoms with E-state index in [1.807, 2.05) is 6.92 Å². The van der Waals surface area contributed by atoms with Gasteiger partial charge in [0.1, 0.15) is 4.99 Å². The highest BCUT2D eigenvalue weighted by Crippen LogP contribution is 2.36. The van der Waals surface area contributed by atoms with Gasteiger partial charge in [0.15, 0.2) is 0 Å². The molecule has 6 heteroatoms. The van der Waals surface area contributed by atoms with E-state index in [1.54, 1.807) is 0 Å². The molecule has 1 aliphatic carbocycles. The standard InChI is InChI=1S/C13H15F3N2S/c1-7(8-2-3-8)18-9-4-5-11(13(14,15)16)10(6-9)12(17)19/h4-8,18H,2-3H2,1H3,(H2,17,19). The Morgan fingerprint density at radius 3 is 2.53 bits per heavy atom. The van der Waals surface area contributed by atoms with Gasteiger partial charge in [0, 0.05) is 17.3 Å². The number of rotatable bonds is 4. The average Bonchev–Trinajstić information content (AvgIpc) is 3.10. The van der Waals surface area contributed by atoms with Crippen LogP contribution in [0, 0.1) is 5.92 Å². The summed E-state index contributed by atoms with van der Waals surface area (Å²) >= 11 is 4.71. The average molecular weight is 288 g/mol. The molecule has 2 rings (SSSR count). The summed E-state index contributed by atoms with van der Waals surface area (Å²) in [5.41, 5.74) is 5.09. The molecular weight excluding hydrogens is 273 g/mol. The van der Waals surface area contributed by atoms with E-state index in [0.29, 0.717) is 11.6 Å². The normalized spacial score (nSPS) is 17.1. The van der Waals surface area contributed by atoms with Gasteiger partial charge in [0.2, 0.25) is 0 Å². The van der Waals surface area contributed by atoms with Crippen molar-refractivity contribution < 1.29 is 13.2 Å². The number of benzene rings is 1. The first-order chi connectivity index (χ1) is 8.79. The Morgan fingerprint density at radius 1 is 1.42 bits per heavy atom. The molecule has 19 heavy (non-hydrogen) atoms. The molecule has 0 saturated heterocycles. The summed E-state index contributed by atoms with van der Waals surface area (Å²) in [5, 5.41) is 3.20. The molecule has 1 atom stereocenters.